The second kappa shape index (κ2) is 8.58. The Labute approximate surface area is 156 Å². The average Bonchev–Trinajstić information content (AvgIpc) is 2.86. The standard InChI is InChI=1S/C21H20F2N2O2/c22-18-9-5-4-8-17(18)15-25-13-12-24(11-10-20(25)26)21(27)19(23)14-16-6-2-1-3-7-16/h1-9,14H,10-13,15H2. The smallest absolute Gasteiger partial charge is 0.282 e. The molecule has 1 aliphatic rings. The van der Waals surface area contributed by atoms with Gasteiger partial charge in [0, 0.05) is 38.2 Å². The molecule has 1 fully saturated rings. The zero-order chi connectivity index (χ0) is 19.2. The van der Waals surface area contributed by atoms with Crippen molar-refractivity contribution in [2.24, 2.45) is 0 Å². The molecule has 0 aliphatic carbocycles. The molecule has 1 heterocycles. The van der Waals surface area contributed by atoms with Crippen molar-refractivity contribution >= 4 is 17.9 Å². The Morgan fingerprint density at radius 2 is 1.70 bits per heavy atom. The fourth-order valence-corrected chi connectivity index (χ4v) is 2.98. The molecule has 2 aromatic carbocycles. The molecule has 1 aliphatic heterocycles. The molecule has 6 heteroatoms. The van der Waals surface area contributed by atoms with Crippen LogP contribution >= 0.6 is 0 Å². The van der Waals surface area contributed by atoms with E-state index in [4.69, 9.17) is 0 Å². The lowest BCUT2D eigenvalue weighted by molar-refractivity contribution is -0.130. The van der Waals surface area contributed by atoms with Crippen LogP contribution in [0.1, 0.15) is 17.5 Å². The number of hydrogen-bond acceptors (Lipinski definition) is 2. The van der Waals surface area contributed by atoms with Gasteiger partial charge < -0.3 is 9.80 Å². The molecule has 27 heavy (non-hydrogen) atoms. The summed E-state index contributed by atoms with van der Waals surface area (Å²) in [5.41, 5.74) is 1.01. The van der Waals surface area contributed by atoms with Crippen LogP contribution in [0.2, 0.25) is 0 Å². The van der Waals surface area contributed by atoms with E-state index in [1.54, 1.807) is 42.5 Å². The van der Waals surface area contributed by atoms with Crippen LogP contribution in [-0.4, -0.2) is 41.2 Å². The van der Waals surface area contributed by atoms with Crippen molar-refractivity contribution in [1.82, 2.24) is 9.80 Å². The summed E-state index contributed by atoms with van der Waals surface area (Å²) in [6.07, 6.45) is 1.27. The highest BCUT2D eigenvalue weighted by Crippen LogP contribution is 2.16. The first-order valence-corrected chi connectivity index (χ1v) is 8.77. The van der Waals surface area contributed by atoms with E-state index < -0.39 is 11.7 Å². The van der Waals surface area contributed by atoms with E-state index >= 15 is 0 Å². The molecule has 0 atom stereocenters. The lowest BCUT2D eigenvalue weighted by Gasteiger charge is -2.22. The molecule has 140 valence electrons. The molecule has 0 N–H and O–H groups in total. The highest BCUT2D eigenvalue weighted by atomic mass is 19.1. The predicted molar refractivity (Wildman–Crippen MR) is 98.5 cm³/mol. The summed E-state index contributed by atoms with van der Waals surface area (Å²) >= 11 is 0. The molecule has 0 spiro atoms. The van der Waals surface area contributed by atoms with Crippen LogP contribution in [0, 0.1) is 5.82 Å². The first-order chi connectivity index (χ1) is 13.0. The molecule has 3 rings (SSSR count). The highest BCUT2D eigenvalue weighted by Gasteiger charge is 2.26. The monoisotopic (exact) mass is 370 g/mol. The lowest BCUT2D eigenvalue weighted by atomic mass is 10.2. The maximum atomic E-state index is 14.3. The van der Waals surface area contributed by atoms with Gasteiger partial charge in [-0.3, -0.25) is 9.59 Å². The highest BCUT2D eigenvalue weighted by molar-refractivity contribution is 5.96. The maximum Gasteiger partial charge on any atom is 0.282 e. The Morgan fingerprint density at radius 3 is 2.44 bits per heavy atom. The number of benzene rings is 2. The third-order valence-corrected chi connectivity index (χ3v) is 4.49. The van der Waals surface area contributed by atoms with Crippen LogP contribution in [0.5, 0.6) is 0 Å². The SMILES string of the molecule is O=C1CCN(C(=O)C(F)=Cc2ccccc2)CCN1Cc1ccccc1F. The third kappa shape index (κ3) is 4.78. The normalized spacial score (nSPS) is 15.6. The van der Waals surface area contributed by atoms with Crippen molar-refractivity contribution in [2.75, 3.05) is 19.6 Å². The summed E-state index contributed by atoms with van der Waals surface area (Å²) in [4.78, 5) is 27.5. The topological polar surface area (TPSA) is 40.6 Å². The van der Waals surface area contributed by atoms with Crippen molar-refractivity contribution in [3.8, 4) is 0 Å². The van der Waals surface area contributed by atoms with Gasteiger partial charge in [-0.1, -0.05) is 48.5 Å². The van der Waals surface area contributed by atoms with Crippen molar-refractivity contribution in [3.05, 3.63) is 77.4 Å². The molecule has 0 bridgehead atoms. The molecule has 1 saturated heterocycles. The molecule has 0 radical (unpaired) electrons. The summed E-state index contributed by atoms with van der Waals surface area (Å²) in [7, 11) is 0. The number of carbonyl (C=O) groups is 2. The van der Waals surface area contributed by atoms with Gasteiger partial charge >= 0.3 is 0 Å². The van der Waals surface area contributed by atoms with E-state index in [9.17, 15) is 18.4 Å². The lowest BCUT2D eigenvalue weighted by Crippen LogP contribution is -2.36. The van der Waals surface area contributed by atoms with E-state index in [-0.39, 0.29) is 44.3 Å². The molecular formula is C21H20F2N2O2. The number of halogens is 2. The van der Waals surface area contributed by atoms with Crippen LogP contribution < -0.4 is 0 Å². The summed E-state index contributed by atoms with van der Waals surface area (Å²) in [5, 5.41) is 0. The summed E-state index contributed by atoms with van der Waals surface area (Å²) in [6.45, 7) is 0.712. The number of amides is 2. The Kier molecular flexibility index (Phi) is 5.96. The van der Waals surface area contributed by atoms with Gasteiger partial charge in [-0.2, -0.15) is 0 Å². The van der Waals surface area contributed by atoms with E-state index in [1.165, 1.54) is 21.9 Å². The van der Waals surface area contributed by atoms with Crippen molar-refractivity contribution < 1.29 is 18.4 Å². The zero-order valence-electron chi connectivity index (χ0n) is 14.8. The molecule has 2 amide bonds. The number of hydrogen-bond donors (Lipinski definition) is 0. The maximum absolute atomic E-state index is 14.3. The minimum atomic E-state index is -0.865. The van der Waals surface area contributed by atoms with E-state index in [0.717, 1.165) is 0 Å². The van der Waals surface area contributed by atoms with Crippen molar-refractivity contribution in [1.29, 1.82) is 0 Å². The van der Waals surface area contributed by atoms with E-state index in [2.05, 4.69) is 0 Å². The number of rotatable bonds is 4. The van der Waals surface area contributed by atoms with Crippen LogP contribution in [-0.2, 0) is 16.1 Å². The first kappa shape index (κ1) is 18.8. The quantitative estimate of drug-likeness (QED) is 0.774. The van der Waals surface area contributed by atoms with Gasteiger partial charge in [-0.15, -0.1) is 0 Å². The second-order valence-corrected chi connectivity index (χ2v) is 6.35. The molecule has 0 saturated carbocycles. The van der Waals surface area contributed by atoms with Gasteiger partial charge in [-0.25, -0.2) is 8.78 Å². The third-order valence-electron chi connectivity index (χ3n) is 4.49. The average molecular weight is 370 g/mol. The van der Waals surface area contributed by atoms with Gasteiger partial charge in [0.05, 0.1) is 0 Å². The minimum absolute atomic E-state index is 0.0822. The molecule has 0 unspecified atom stereocenters. The Morgan fingerprint density at radius 1 is 1.00 bits per heavy atom. The molecule has 2 aromatic rings. The van der Waals surface area contributed by atoms with Crippen molar-refractivity contribution in [2.45, 2.75) is 13.0 Å². The summed E-state index contributed by atoms with van der Waals surface area (Å²) < 4.78 is 28.1. The summed E-state index contributed by atoms with van der Waals surface area (Å²) in [5.74, 6) is -2.16. The molecule has 4 nitrogen and oxygen atoms in total. The van der Waals surface area contributed by atoms with Crippen LogP contribution in [0.4, 0.5) is 8.78 Å². The summed E-state index contributed by atoms with van der Waals surface area (Å²) in [6, 6.07) is 15.0. The fraction of sp³-hybridized carbons (Fsp3) is 0.238. The Hall–Kier alpha value is -3.02. The van der Waals surface area contributed by atoms with E-state index in [0.29, 0.717) is 11.1 Å². The fourth-order valence-electron chi connectivity index (χ4n) is 2.98. The number of nitrogens with zero attached hydrogens (tertiary/aromatic N) is 2. The van der Waals surface area contributed by atoms with E-state index in [1.807, 2.05) is 6.07 Å². The van der Waals surface area contributed by atoms with Gasteiger partial charge in [-0.05, 0) is 17.7 Å². The van der Waals surface area contributed by atoms with Gasteiger partial charge in [0.1, 0.15) is 5.82 Å². The predicted octanol–water partition coefficient (Wildman–Crippen LogP) is 3.40. The molecular weight excluding hydrogens is 350 g/mol. The first-order valence-electron chi connectivity index (χ1n) is 8.77. The van der Waals surface area contributed by atoms with Gasteiger partial charge in [0.15, 0.2) is 5.83 Å². The van der Waals surface area contributed by atoms with Crippen molar-refractivity contribution in [3.63, 3.8) is 0 Å². The Bertz CT molecular complexity index is 852. The van der Waals surface area contributed by atoms with Crippen LogP contribution in [0.3, 0.4) is 0 Å². The largest absolute Gasteiger partial charge is 0.336 e. The van der Waals surface area contributed by atoms with Crippen LogP contribution in [0.15, 0.2) is 60.4 Å². The zero-order valence-corrected chi connectivity index (χ0v) is 14.8. The van der Waals surface area contributed by atoms with Gasteiger partial charge in [0.25, 0.3) is 5.91 Å². The number of carbonyl (C=O) groups excluding carboxylic acids is 2. The molecule has 0 aromatic heterocycles. The second-order valence-electron chi connectivity index (χ2n) is 6.35. The Balaban J connectivity index is 1.66. The minimum Gasteiger partial charge on any atom is -0.336 e. The van der Waals surface area contributed by atoms with Gasteiger partial charge in [0.2, 0.25) is 5.91 Å². The van der Waals surface area contributed by atoms with Crippen LogP contribution in [0.25, 0.3) is 6.08 Å².